The fourth-order valence-corrected chi connectivity index (χ4v) is 3.85. The molecule has 0 radical (unpaired) electrons. The van der Waals surface area contributed by atoms with Crippen molar-refractivity contribution in [3.05, 3.63) is 30.1 Å². The molecular weight excluding hydrogens is 374 g/mol. The molecule has 2 rings (SSSR count). The quantitative estimate of drug-likeness (QED) is 0.237. The molecule has 1 aromatic rings. The van der Waals surface area contributed by atoms with E-state index in [2.05, 4.69) is 24.1 Å². The molecule has 0 spiro atoms. The van der Waals surface area contributed by atoms with Crippen LogP contribution in [0.25, 0.3) is 0 Å². The third-order valence-corrected chi connectivity index (χ3v) is 5.96. The summed E-state index contributed by atoms with van der Waals surface area (Å²) in [5, 5.41) is 21.1. The van der Waals surface area contributed by atoms with Crippen LogP contribution in [-0.2, 0) is 11.2 Å². The zero-order valence-corrected chi connectivity index (χ0v) is 19.6. The standard InChI is InChI=1S/C16H25N3O2.C9H20/c1-2-14(12-20)21-15(17)16(5-8-18-9-6-16)10-13-4-3-7-19-11-13;1-3-5-7-9-8-6-4-2/h3-4,7,11,14,17-18,20H,2,5-6,8-10,12H2,1H3;3-9H2,1-2H3. The largest absolute Gasteiger partial charge is 0.475 e. The van der Waals surface area contributed by atoms with Gasteiger partial charge in [-0.1, -0.05) is 71.8 Å². The number of aromatic nitrogens is 1. The fraction of sp³-hybridized carbons (Fsp3) is 0.760. The molecule has 1 aliphatic heterocycles. The SMILES string of the molecule is CCC(CO)OC(=N)C1(Cc2cccnc2)CCNCC1.CCCCCCCCC. The summed E-state index contributed by atoms with van der Waals surface area (Å²) < 4.78 is 5.75. The number of nitrogens with one attached hydrogen (secondary N) is 2. The van der Waals surface area contributed by atoms with Crippen LogP contribution in [0.3, 0.4) is 0 Å². The number of unbranched alkanes of at least 4 members (excludes halogenated alkanes) is 6. The van der Waals surface area contributed by atoms with Gasteiger partial charge in [-0.15, -0.1) is 0 Å². The van der Waals surface area contributed by atoms with Crippen molar-refractivity contribution in [3.63, 3.8) is 0 Å². The molecule has 0 aromatic carbocycles. The summed E-state index contributed by atoms with van der Waals surface area (Å²) in [6, 6.07) is 3.98. The van der Waals surface area contributed by atoms with Gasteiger partial charge in [0.25, 0.3) is 0 Å². The number of piperidine rings is 1. The summed E-state index contributed by atoms with van der Waals surface area (Å²) in [5.74, 6) is 0.314. The highest BCUT2D eigenvalue weighted by molar-refractivity contribution is 5.80. The zero-order valence-electron chi connectivity index (χ0n) is 19.6. The average molecular weight is 420 g/mol. The van der Waals surface area contributed by atoms with Gasteiger partial charge in [0.1, 0.15) is 6.10 Å². The minimum absolute atomic E-state index is 0.0416. The highest BCUT2D eigenvalue weighted by atomic mass is 16.5. The fourth-order valence-electron chi connectivity index (χ4n) is 3.85. The van der Waals surface area contributed by atoms with E-state index < -0.39 is 0 Å². The van der Waals surface area contributed by atoms with E-state index in [4.69, 9.17) is 10.1 Å². The monoisotopic (exact) mass is 419 g/mol. The van der Waals surface area contributed by atoms with E-state index in [1.165, 1.54) is 44.9 Å². The average Bonchev–Trinajstić information content (AvgIpc) is 2.79. The smallest absolute Gasteiger partial charge is 0.187 e. The van der Waals surface area contributed by atoms with Crippen molar-refractivity contribution in [1.29, 1.82) is 5.41 Å². The van der Waals surface area contributed by atoms with E-state index in [0.717, 1.165) is 37.9 Å². The lowest BCUT2D eigenvalue weighted by Gasteiger charge is -2.38. The van der Waals surface area contributed by atoms with Crippen LogP contribution in [0.15, 0.2) is 24.5 Å². The lowest BCUT2D eigenvalue weighted by atomic mass is 9.74. The third-order valence-electron chi connectivity index (χ3n) is 5.96. The van der Waals surface area contributed by atoms with E-state index in [9.17, 15) is 5.11 Å². The summed E-state index contributed by atoms with van der Waals surface area (Å²) >= 11 is 0. The number of pyridine rings is 1. The number of aliphatic hydroxyl groups is 1. The van der Waals surface area contributed by atoms with Gasteiger partial charge < -0.3 is 15.2 Å². The van der Waals surface area contributed by atoms with Gasteiger partial charge in [0.2, 0.25) is 0 Å². The normalized spacial score (nSPS) is 16.3. The molecule has 1 fully saturated rings. The van der Waals surface area contributed by atoms with E-state index in [1.54, 1.807) is 6.20 Å². The minimum atomic E-state index is -0.281. The summed E-state index contributed by atoms with van der Waals surface area (Å²) in [6.07, 6.45) is 16.5. The molecule has 2 heterocycles. The van der Waals surface area contributed by atoms with Gasteiger partial charge in [-0.05, 0) is 50.4 Å². The molecule has 0 aliphatic carbocycles. The predicted molar refractivity (Wildman–Crippen MR) is 126 cm³/mol. The van der Waals surface area contributed by atoms with Crippen LogP contribution in [0.2, 0.25) is 0 Å². The van der Waals surface area contributed by atoms with Gasteiger partial charge in [0, 0.05) is 12.4 Å². The Morgan fingerprint density at radius 1 is 1.13 bits per heavy atom. The Hall–Kier alpha value is -1.46. The Morgan fingerprint density at radius 2 is 1.77 bits per heavy atom. The maximum atomic E-state index is 9.30. The molecule has 1 atom stereocenters. The van der Waals surface area contributed by atoms with Crippen molar-refractivity contribution < 1.29 is 9.84 Å². The molecule has 0 bridgehead atoms. The van der Waals surface area contributed by atoms with Crippen LogP contribution in [0.4, 0.5) is 0 Å². The first kappa shape index (κ1) is 26.6. The van der Waals surface area contributed by atoms with Crippen molar-refractivity contribution in [1.82, 2.24) is 10.3 Å². The Kier molecular flexibility index (Phi) is 14.4. The van der Waals surface area contributed by atoms with Crippen molar-refractivity contribution >= 4 is 5.90 Å². The summed E-state index contributed by atoms with van der Waals surface area (Å²) in [4.78, 5) is 4.17. The minimum Gasteiger partial charge on any atom is -0.475 e. The zero-order chi connectivity index (χ0) is 22.1. The molecule has 1 unspecified atom stereocenters. The maximum absolute atomic E-state index is 9.30. The molecule has 5 nitrogen and oxygen atoms in total. The molecule has 1 aromatic heterocycles. The van der Waals surface area contributed by atoms with E-state index >= 15 is 0 Å². The van der Waals surface area contributed by atoms with Crippen LogP contribution in [0.5, 0.6) is 0 Å². The van der Waals surface area contributed by atoms with Crippen LogP contribution in [-0.4, -0.2) is 41.8 Å². The molecule has 1 saturated heterocycles. The number of hydrogen-bond donors (Lipinski definition) is 3. The Balaban J connectivity index is 0.000000424. The number of nitrogens with zero attached hydrogens (tertiary/aromatic N) is 1. The van der Waals surface area contributed by atoms with E-state index in [0.29, 0.717) is 12.3 Å². The van der Waals surface area contributed by atoms with Crippen molar-refractivity contribution in [2.75, 3.05) is 19.7 Å². The lowest BCUT2D eigenvalue weighted by Crippen LogP contribution is -2.45. The van der Waals surface area contributed by atoms with Crippen LogP contribution >= 0.6 is 0 Å². The second-order valence-corrected chi connectivity index (χ2v) is 8.50. The number of hydrogen-bond acceptors (Lipinski definition) is 5. The Labute approximate surface area is 184 Å². The van der Waals surface area contributed by atoms with Crippen LogP contribution in [0, 0.1) is 10.8 Å². The molecule has 172 valence electrons. The van der Waals surface area contributed by atoms with Gasteiger partial charge in [0.05, 0.1) is 12.0 Å². The first-order chi connectivity index (χ1) is 14.6. The first-order valence-corrected chi connectivity index (χ1v) is 12.1. The van der Waals surface area contributed by atoms with Crippen LogP contribution in [0.1, 0.15) is 90.5 Å². The van der Waals surface area contributed by atoms with Crippen molar-refractivity contribution in [3.8, 4) is 0 Å². The van der Waals surface area contributed by atoms with E-state index in [-0.39, 0.29) is 18.1 Å². The number of rotatable bonds is 12. The highest BCUT2D eigenvalue weighted by Crippen LogP contribution is 2.35. The number of aliphatic hydroxyl groups excluding tert-OH is 1. The predicted octanol–water partition coefficient (Wildman–Crippen LogP) is 5.52. The van der Waals surface area contributed by atoms with Crippen molar-refractivity contribution in [2.24, 2.45) is 5.41 Å². The Bertz CT molecular complexity index is 535. The number of ether oxygens (including phenoxy) is 1. The second kappa shape index (κ2) is 16.3. The summed E-state index contributed by atoms with van der Waals surface area (Å²) in [6.45, 7) is 8.23. The van der Waals surface area contributed by atoms with Crippen molar-refractivity contribution in [2.45, 2.75) is 97.5 Å². The summed E-state index contributed by atoms with van der Waals surface area (Å²) in [7, 11) is 0. The third kappa shape index (κ3) is 10.0. The van der Waals surface area contributed by atoms with E-state index in [1.807, 2.05) is 25.3 Å². The molecule has 5 heteroatoms. The molecule has 0 amide bonds. The van der Waals surface area contributed by atoms with Gasteiger partial charge in [-0.2, -0.15) is 0 Å². The summed E-state index contributed by atoms with van der Waals surface area (Å²) in [5.41, 5.74) is 0.849. The first-order valence-electron chi connectivity index (χ1n) is 12.1. The highest BCUT2D eigenvalue weighted by Gasteiger charge is 2.39. The molecule has 1 aliphatic rings. The molecular formula is C25H45N3O2. The van der Waals surface area contributed by atoms with Crippen LogP contribution < -0.4 is 5.32 Å². The van der Waals surface area contributed by atoms with Gasteiger partial charge in [-0.25, -0.2) is 0 Å². The van der Waals surface area contributed by atoms with Gasteiger partial charge in [-0.3, -0.25) is 10.4 Å². The lowest BCUT2D eigenvalue weighted by molar-refractivity contribution is 0.0783. The molecule has 3 N–H and O–H groups in total. The second-order valence-electron chi connectivity index (χ2n) is 8.50. The van der Waals surface area contributed by atoms with Gasteiger partial charge in [0.15, 0.2) is 5.90 Å². The van der Waals surface area contributed by atoms with Gasteiger partial charge >= 0.3 is 0 Å². The molecule has 0 saturated carbocycles. The topological polar surface area (TPSA) is 78.2 Å². The maximum Gasteiger partial charge on any atom is 0.187 e. The Morgan fingerprint density at radius 3 is 2.27 bits per heavy atom. The molecule has 30 heavy (non-hydrogen) atoms.